The fraction of sp³-hybridized carbons (Fsp3) is 0.182. The van der Waals surface area contributed by atoms with Crippen LogP contribution in [0.1, 0.15) is 11.1 Å². The van der Waals surface area contributed by atoms with Crippen LogP contribution in [0.15, 0.2) is 48.2 Å². The van der Waals surface area contributed by atoms with Crippen LogP contribution in [0.5, 0.6) is 23.0 Å². The smallest absolute Gasteiger partial charge is 0.371 e. The van der Waals surface area contributed by atoms with E-state index in [2.05, 4.69) is 0 Å². The minimum atomic E-state index is -1.30. The molecule has 0 aliphatic heterocycles. The normalized spacial score (nSPS) is 11.3. The molecule has 0 bridgehead atoms. The first-order chi connectivity index (χ1) is 14.9. The van der Waals surface area contributed by atoms with Crippen molar-refractivity contribution in [3.63, 3.8) is 0 Å². The standard InChI is InChI=1S/C22H22O9/c1-27-13-30-16-7-5-15(11-18(16)28-2)12-20(22(25)26)31-17-8-4-14(6-9-21(23)24)10-19(17)29-3/h4-12H,13H2,1-3H3,(H,23,24)(H,25,26). The van der Waals surface area contributed by atoms with E-state index in [1.54, 1.807) is 24.3 Å². The van der Waals surface area contributed by atoms with Gasteiger partial charge in [-0.25, -0.2) is 9.59 Å². The van der Waals surface area contributed by atoms with Crippen molar-refractivity contribution in [1.82, 2.24) is 0 Å². The molecule has 0 aliphatic carbocycles. The summed E-state index contributed by atoms with van der Waals surface area (Å²) in [7, 11) is 4.34. The van der Waals surface area contributed by atoms with Gasteiger partial charge in [-0.15, -0.1) is 0 Å². The molecule has 9 nitrogen and oxygen atoms in total. The topological polar surface area (TPSA) is 121 Å². The molecule has 0 atom stereocenters. The molecule has 0 saturated carbocycles. The highest BCUT2D eigenvalue weighted by Gasteiger charge is 2.15. The monoisotopic (exact) mass is 430 g/mol. The van der Waals surface area contributed by atoms with Gasteiger partial charge in [0.05, 0.1) is 14.2 Å². The molecule has 0 aromatic heterocycles. The summed E-state index contributed by atoms with van der Waals surface area (Å²) in [6, 6.07) is 9.43. The Morgan fingerprint density at radius 3 is 2.10 bits per heavy atom. The van der Waals surface area contributed by atoms with Crippen LogP contribution in [0.25, 0.3) is 12.2 Å². The average Bonchev–Trinajstić information content (AvgIpc) is 2.76. The SMILES string of the molecule is COCOc1ccc(C=C(Oc2ccc(C=CC(=O)O)cc2OC)C(=O)O)cc1OC. The van der Waals surface area contributed by atoms with E-state index < -0.39 is 11.9 Å². The second-order valence-corrected chi connectivity index (χ2v) is 5.96. The van der Waals surface area contributed by atoms with Crippen LogP contribution in [0.3, 0.4) is 0 Å². The first-order valence-corrected chi connectivity index (χ1v) is 8.89. The maximum Gasteiger partial charge on any atom is 0.371 e. The summed E-state index contributed by atoms with van der Waals surface area (Å²) in [5.74, 6) is -1.54. The van der Waals surface area contributed by atoms with E-state index in [9.17, 15) is 14.7 Å². The Bertz CT molecular complexity index is 992. The number of carbonyl (C=O) groups is 2. The number of methoxy groups -OCH3 is 3. The first kappa shape index (κ1) is 23.3. The van der Waals surface area contributed by atoms with Crippen LogP contribution in [0.2, 0.25) is 0 Å². The number of aliphatic carboxylic acids is 2. The molecular weight excluding hydrogens is 408 g/mol. The summed E-state index contributed by atoms with van der Waals surface area (Å²) < 4.78 is 26.3. The van der Waals surface area contributed by atoms with Gasteiger partial charge in [-0.1, -0.05) is 12.1 Å². The molecule has 31 heavy (non-hydrogen) atoms. The molecule has 2 N–H and O–H groups in total. The molecular formula is C22H22O9. The van der Waals surface area contributed by atoms with E-state index in [1.807, 2.05) is 0 Å². The largest absolute Gasteiger partial charge is 0.493 e. The van der Waals surface area contributed by atoms with Crippen molar-refractivity contribution in [3.8, 4) is 23.0 Å². The number of ether oxygens (including phenoxy) is 5. The summed E-state index contributed by atoms with van der Waals surface area (Å²) in [6.07, 6.45) is 3.68. The summed E-state index contributed by atoms with van der Waals surface area (Å²) in [5, 5.41) is 18.3. The Kier molecular flexibility index (Phi) is 8.47. The lowest BCUT2D eigenvalue weighted by Gasteiger charge is -2.13. The Hall–Kier alpha value is -3.98. The molecule has 0 fully saturated rings. The molecule has 9 heteroatoms. The molecule has 0 radical (unpaired) electrons. The Morgan fingerprint density at radius 2 is 1.48 bits per heavy atom. The number of hydrogen-bond acceptors (Lipinski definition) is 7. The van der Waals surface area contributed by atoms with Gasteiger partial charge in [0.15, 0.2) is 29.8 Å². The Morgan fingerprint density at radius 1 is 0.871 bits per heavy atom. The third-order valence-corrected chi connectivity index (χ3v) is 3.85. The second kappa shape index (κ2) is 11.3. The predicted octanol–water partition coefficient (Wildman–Crippen LogP) is 3.29. The molecule has 164 valence electrons. The molecule has 2 aromatic rings. The number of carboxylic acids is 2. The second-order valence-electron chi connectivity index (χ2n) is 5.96. The maximum absolute atomic E-state index is 11.7. The summed E-state index contributed by atoms with van der Waals surface area (Å²) >= 11 is 0. The molecule has 0 unspecified atom stereocenters. The zero-order valence-corrected chi connectivity index (χ0v) is 17.2. The molecule has 0 heterocycles. The van der Waals surface area contributed by atoms with Crippen molar-refractivity contribution in [2.24, 2.45) is 0 Å². The molecule has 0 aliphatic rings. The van der Waals surface area contributed by atoms with Gasteiger partial charge in [0.2, 0.25) is 5.76 Å². The fourth-order valence-electron chi connectivity index (χ4n) is 2.46. The van der Waals surface area contributed by atoms with Crippen molar-refractivity contribution in [3.05, 3.63) is 59.4 Å². The van der Waals surface area contributed by atoms with E-state index in [0.29, 0.717) is 22.6 Å². The van der Waals surface area contributed by atoms with Crippen LogP contribution >= 0.6 is 0 Å². The van der Waals surface area contributed by atoms with Crippen LogP contribution in [-0.2, 0) is 14.3 Å². The van der Waals surface area contributed by atoms with Gasteiger partial charge in [-0.3, -0.25) is 0 Å². The lowest BCUT2D eigenvalue weighted by molar-refractivity contribution is -0.135. The highest BCUT2D eigenvalue weighted by atomic mass is 16.7. The van der Waals surface area contributed by atoms with Gasteiger partial charge in [0.1, 0.15) is 0 Å². The Balaban J connectivity index is 2.33. The van der Waals surface area contributed by atoms with Crippen molar-refractivity contribution < 1.29 is 43.5 Å². The summed E-state index contributed by atoms with van der Waals surface area (Å²) in [4.78, 5) is 22.4. The van der Waals surface area contributed by atoms with Crippen LogP contribution in [0.4, 0.5) is 0 Å². The van der Waals surface area contributed by atoms with Gasteiger partial charge >= 0.3 is 11.9 Å². The minimum Gasteiger partial charge on any atom is -0.493 e. The van der Waals surface area contributed by atoms with Gasteiger partial charge in [-0.2, -0.15) is 0 Å². The highest BCUT2D eigenvalue weighted by Crippen LogP contribution is 2.32. The van der Waals surface area contributed by atoms with E-state index >= 15 is 0 Å². The Labute approximate surface area is 178 Å². The van der Waals surface area contributed by atoms with Gasteiger partial charge in [0.25, 0.3) is 0 Å². The highest BCUT2D eigenvalue weighted by molar-refractivity contribution is 5.90. The zero-order chi connectivity index (χ0) is 22.8. The van der Waals surface area contributed by atoms with E-state index in [-0.39, 0.29) is 24.1 Å². The first-order valence-electron chi connectivity index (χ1n) is 8.89. The van der Waals surface area contributed by atoms with Crippen LogP contribution < -0.4 is 18.9 Å². The number of carboxylic acid groups (broad SMARTS) is 2. The third kappa shape index (κ3) is 6.79. The van der Waals surface area contributed by atoms with Crippen LogP contribution in [-0.4, -0.2) is 50.3 Å². The van der Waals surface area contributed by atoms with Crippen molar-refractivity contribution in [1.29, 1.82) is 0 Å². The lowest BCUT2D eigenvalue weighted by atomic mass is 10.1. The van der Waals surface area contributed by atoms with Crippen molar-refractivity contribution >= 4 is 24.1 Å². The third-order valence-electron chi connectivity index (χ3n) is 3.85. The number of benzene rings is 2. The van der Waals surface area contributed by atoms with E-state index in [1.165, 1.54) is 45.6 Å². The zero-order valence-electron chi connectivity index (χ0n) is 17.2. The van der Waals surface area contributed by atoms with Crippen LogP contribution in [0, 0.1) is 0 Å². The van der Waals surface area contributed by atoms with E-state index in [0.717, 1.165) is 6.08 Å². The van der Waals surface area contributed by atoms with E-state index in [4.69, 9.17) is 28.8 Å². The van der Waals surface area contributed by atoms with Crippen molar-refractivity contribution in [2.75, 3.05) is 28.1 Å². The summed E-state index contributed by atoms with van der Waals surface area (Å²) in [5.41, 5.74) is 1.04. The molecule has 2 aromatic carbocycles. The average molecular weight is 430 g/mol. The quantitative estimate of drug-likeness (QED) is 0.314. The van der Waals surface area contributed by atoms with Gasteiger partial charge in [-0.05, 0) is 47.5 Å². The number of hydrogen-bond donors (Lipinski definition) is 2. The lowest BCUT2D eigenvalue weighted by Crippen LogP contribution is -2.08. The van der Waals surface area contributed by atoms with Gasteiger partial charge in [0, 0.05) is 13.2 Å². The molecule has 0 amide bonds. The maximum atomic E-state index is 11.7. The summed E-state index contributed by atoms with van der Waals surface area (Å²) in [6.45, 7) is 0.0342. The van der Waals surface area contributed by atoms with Gasteiger partial charge < -0.3 is 33.9 Å². The number of rotatable bonds is 11. The fourth-order valence-corrected chi connectivity index (χ4v) is 2.46. The van der Waals surface area contributed by atoms with Crippen molar-refractivity contribution in [2.45, 2.75) is 0 Å². The molecule has 0 saturated heterocycles. The predicted molar refractivity (Wildman–Crippen MR) is 111 cm³/mol. The minimum absolute atomic E-state index is 0.0342. The molecule has 2 rings (SSSR count). The molecule has 0 spiro atoms.